The zero-order valence-corrected chi connectivity index (χ0v) is 19.5. The summed E-state index contributed by atoms with van der Waals surface area (Å²) >= 11 is 0. The highest BCUT2D eigenvalue weighted by atomic mass is 32.2. The van der Waals surface area contributed by atoms with Crippen LogP contribution in [0.1, 0.15) is 31.7 Å². The van der Waals surface area contributed by atoms with E-state index in [0.717, 1.165) is 18.4 Å². The molecule has 8 nitrogen and oxygen atoms in total. The molecule has 2 aromatic carbocycles. The van der Waals surface area contributed by atoms with Gasteiger partial charge >= 0.3 is 0 Å². The Bertz CT molecular complexity index is 1050. The molecule has 9 heteroatoms. The SMILES string of the molecule is CCOc1ccc(NC(=O)CCc2ccc(OC)c(OC)c2)cc1S(=O)(=O)N1CCCC1. The van der Waals surface area contributed by atoms with Crippen LogP contribution in [0.2, 0.25) is 0 Å². The molecule has 0 spiro atoms. The quantitative estimate of drug-likeness (QED) is 0.581. The minimum absolute atomic E-state index is 0.0824. The highest BCUT2D eigenvalue weighted by Crippen LogP contribution is 2.32. The predicted molar refractivity (Wildman–Crippen MR) is 122 cm³/mol. The summed E-state index contributed by atoms with van der Waals surface area (Å²) in [4.78, 5) is 12.6. The average Bonchev–Trinajstić information content (AvgIpc) is 3.34. The van der Waals surface area contributed by atoms with Crippen molar-refractivity contribution in [1.29, 1.82) is 0 Å². The van der Waals surface area contributed by atoms with Gasteiger partial charge in [0.1, 0.15) is 10.6 Å². The second-order valence-corrected chi connectivity index (χ2v) is 9.35. The third-order valence-corrected chi connectivity index (χ3v) is 7.22. The molecule has 1 saturated heterocycles. The standard InChI is InChI=1S/C23H30N2O6S/c1-4-31-20-11-9-18(16-22(20)32(27,28)25-13-5-6-14-25)24-23(26)12-8-17-7-10-19(29-2)21(15-17)30-3/h7,9-11,15-16H,4-6,8,12-14H2,1-3H3,(H,24,26). The van der Waals surface area contributed by atoms with E-state index < -0.39 is 10.0 Å². The zero-order chi connectivity index (χ0) is 23.1. The second kappa shape index (κ2) is 10.7. The Morgan fingerprint density at radius 3 is 2.34 bits per heavy atom. The monoisotopic (exact) mass is 462 g/mol. The number of rotatable bonds is 10. The van der Waals surface area contributed by atoms with E-state index in [4.69, 9.17) is 14.2 Å². The van der Waals surface area contributed by atoms with Gasteiger partial charge in [0.05, 0.1) is 20.8 Å². The van der Waals surface area contributed by atoms with Crippen molar-refractivity contribution in [2.45, 2.75) is 37.5 Å². The molecule has 0 atom stereocenters. The lowest BCUT2D eigenvalue weighted by molar-refractivity contribution is -0.116. The molecule has 1 aliphatic rings. The number of methoxy groups -OCH3 is 2. The summed E-state index contributed by atoms with van der Waals surface area (Å²) in [5.74, 6) is 1.31. The number of benzene rings is 2. The molecule has 0 unspecified atom stereocenters. The summed E-state index contributed by atoms with van der Waals surface area (Å²) in [6, 6.07) is 10.2. The second-order valence-electron chi connectivity index (χ2n) is 7.44. The maximum Gasteiger partial charge on any atom is 0.246 e. The van der Waals surface area contributed by atoms with Gasteiger partial charge in [-0.25, -0.2) is 8.42 Å². The van der Waals surface area contributed by atoms with Crippen LogP contribution < -0.4 is 19.5 Å². The number of anilines is 1. The number of nitrogens with one attached hydrogen (secondary N) is 1. The smallest absolute Gasteiger partial charge is 0.246 e. The third kappa shape index (κ3) is 5.52. The Morgan fingerprint density at radius 1 is 1.00 bits per heavy atom. The van der Waals surface area contributed by atoms with E-state index in [-0.39, 0.29) is 17.2 Å². The summed E-state index contributed by atoms with van der Waals surface area (Å²) in [5.41, 5.74) is 1.35. The Labute approximate surface area is 189 Å². The zero-order valence-electron chi connectivity index (χ0n) is 18.7. The van der Waals surface area contributed by atoms with E-state index in [1.165, 1.54) is 10.4 Å². The first-order valence-electron chi connectivity index (χ1n) is 10.7. The van der Waals surface area contributed by atoms with Crippen molar-refractivity contribution >= 4 is 21.6 Å². The van der Waals surface area contributed by atoms with Crippen molar-refractivity contribution in [2.24, 2.45) is 0 Å². The Hall–Kier alpha value is -2.78. The molecule has 0 aromatic heterocycles. The van der Waals surface area contributed by atoms with Crippen LogP contribution >= 0.6 is 0 Å². The molecule has 0 bridgehead atoms. The number of hydrogen-bond donors (Lipinski definition) is 1. The number of carbonyl (C=O) groups is 1. The molecule has 1 fully saturated rings. The molecule has 1 aliphatic heterocycles. The molecule has 32 heavy (non-hydrogen) atoms. The molecule has 0 aliphatic carbocycles. The normalized spacial score (nSPS) is 14.2. The molecular weight excluding hydrogens is 432 g/mol. The summed E-state index contributed by atoms with van der Waals surface area (Å²) in [7, 11) is -0.555. The van der Waals surface area contributed by atoms with Gasteiger partial charge in [0.15, 0.2) is 11.5 Å². The molecule has 2 aromatic rings. The fourth-order valence-corrected chi connectivity index (χ4v) is 5.32. The van der Waals surface area contributed by atoms with Crippen LogP contribution in [-0.2, 0) is 21.2 Å². The van der Waals surface area contributed by atoms with Crippen LogP contribution in [0.5, 0.6) is 17.2 Å². The first-order valence-corrected chi connectivity index (χ1v) is 12.1. The minimum Gasteiger partial charge on any atom is -0.493 e. The number of hydrogen-bond acceptors (Lipinski definition) is 6. The maximum absolute atomic E-state index is 13.1. The maximum atomic E-state index is 13.1. The molecule has 0 radical (unpaired) electrons. The molecule has 0 saturated carbocycles. The Kier molecular flexibility index (Phi) is 7.98. The van der Waals surface area contributed by atoms with Gasteiger partial charge in [0, 0.05) is 25.2 Å². The van der Waals surface area contributed by atoms with Crippen molar-refractivity contribution in [1.82, 2.24) is 4.31 Å². The number of amides is 1. The van der Waals surface area contributed by atoms with Crippen LogP contribution in [0.25, 0.3) is 0 Å². The van der Waals surface area contributed by atoms with E-state index in [2.05, 4.69) is 5.32 Å². The largest absolute Gasteiger partial charge is 0.493 e. The van der Waals surface area contributed by atoms with Crippen molar-refractivity contribution in [2.75, 3.05) is 39.2 Å². The van der Waals surface area contributed by atoms with Crippen LogP contribution in [0, 0.1) is 0 Å². The van der Waals surface area contributed by atoms with Gasteiger partial charge in [0.25, 0.3) is 0 Å². The summed E-state index contributed by atoms with van der Waals surface area (Å²) < 4.78 is 43.7. The van der Waals surface area contributed by atoms with Crippen molar-refractivity contribution in [3.63, 3.8) is 0 Å². The Balaban J connectivity index is 1.72. The number of ether oxygens (including phenoxy) is 3. The lowest BCUT2D eigenvalue weighted by Gasteiger charge is -2.19. The highest BCUT2D eigenvalue weighted by Gasteiger charge is 2.30. The van der Waals surface area contributed by atoms with Gasteiger partial charge in [-0.1, -0.05) is 6.07 Å². The number of carbonyl (C=O) groups excluding carboxylic acids is 1. The van der Waals surface area contributed by atoms with Crippen LogP contribution in [0.3, 0.4) is 0 Å². The molecule has 3 rings (SSSR count). The lowest BCUT2D eigenvalue weighted by atomic mass is 10.1. The van der Waals surface area contributed by atoms with E-state index in [9.17, 15) is 13.2 Å². The van der Waals surface area contributed by atoms with Crippen LogP contribution in [-0.4, -0.2) is 52.5 Å². The van der Waals surface area contributed by atoms with Crippen LogP contribution in [0.4, 0.5) is 5.69 Å². The van der Waals surface area contributed by atoms with E-state index in [1.807, 2.05) is 12.1 Å². The lowest BCUT2D eigenvalue weighted by Crippen LogP contribution is -2.28. The molecule has 1 N–H and O–H groups in total. The summed E-state index contributed by atoms with van der Waals surface area (Å²) in [6.07, 6.45) is 2.42. The van der Waals surface area contributed by atoms with Crippen LogP contribution in [0.15, 0.2) is 41.3 Å². The Morgan fingerprint density at radius 2 is 1.69 bits per heavy atom. The number of aryl methyl sites for hydroxylation is 1. The van der Waals surface area contributed by atoms with Crippen molar-refractivity contribution in [3.8, 4) is 17.2 Å². The molecule has 1 heterocycles. The first kappa shape index (κ1) is 23.9. The molecule has 174 valence electrons. The van der Waals surface area contributed by atoms with Gasteiger partial charge in [0.2, 0.25) is 15.9 Å². The van der Waals surface area contributed by atoms with Gasteiger partial charge in [-0.15, -0.1) is 0 Å². The number of sulfonamides is 1. The fraction of sp³-hybridized carbons (Fsp3) is 0.435. The van der Waals surface area contributed by atoms with Gasteiger partial charge in [-0.05, 0) is 62.1 Å². The summed E-state index contributed by atoms with van der Waals surface area (Å²) in [6.45, 7) is 3.14. The third-order valence-electron chi connectivity index (χ3n) is 5.30. The van der Waals surface area contributed by atoms with E-state index in [1.54, 1.807) is 39.3 Å². The first-order chi connectivity index (χ1) is 15.4. The number of nitrogens with zero attached hydrogens (tertiary/aromatic N) is 1. The van der Waals surface area contributed by atoms with Gasteiger partial charge in [-0.3, -0.25) is 4.79 Å². The summed E-state index contributed by atoms with van der Waals surface area (Å²) in [5, 5.41) is 2.80. The topological polar surface area (TPSA) is 94.2 Å². The highest BCUT2D eigenvalue weighted by molar-refractivity contribution is 7.89. The van der Waals surface area contributed by atoms with E-state index in [0.29, 0.717) is 49.1 Å². The predicted octanol–water partition coefficient (Wildman–Crippen LogP) is 3.46. The molecule has 1 amide bonds. The van der Waals surface area contributed by atoms with Crippen molar-refractivity contribution in [3.05, 3.63) is 42.0 Å². The minimum atomic E-state index is -3.69. The van der Waals surface area contributed by atoms with Crippen molar-refractivity contribution < 1.29 is 27.4 Å². The average molecular weight is 463 g/mol. The van der Waals surface area contributed by atoms with Gasteiger partial charge in [-0.2, -0.15) is 4.31 Å². The van der Waals surface area contributed by atoms with Gasteiger partial charge < -0.3 is 19.5 Å². The molecular formula is C23H30N2O6S. The fourth-order valence-electron chi connectivity index (χ4n) is 3.65. The van der Waals surface area contributed by atoms with E-state index >= 15 is 0 Å².